The fourth-order valence-electron chi connectivity index (χ4n) is 4.31. The van der Waals surface area contributed by atoms with E-state index in [0.717, 1.165) is 54.4 Å². The monoisotopic (exact) mass is 475 g/mol. The van der Waals surface area contributed by atoms with Gasteiger partial charge in [0.1, 0.15) is 5.82 Å². The molecule has 0 N–H and O–H groups in total. The second-order valence-electron chi connectivity index (χ2n) is 8.59. The van der Waals surface area contributed by atoms with Crippen LogP contribution in [0.2, 0.25) is 0 Å². The first kappa shape index (κ1) is 24.4. The van der Waals surface area contributed by atoms with Crippen LogP contribution in [-0.4, -0.2) is 48.2 Å². The maximum absolute atomic E-state index is 13.1. The van der Waals surface area contributed by atoms with Crippen molar-refractivity contribution in [1.82, 2.24) is 15.0 Å². The van der Waals surface area contributed by atoms with Crippen LogP contribution >= 0.6 is 0 Å². The molecule has 0 radical (unpaired) electrons. The number of unbranched alkanes of at least 4 members (excludes halogenated alkanes) is 2. The van der Waals surface area contributed by atoms with Gasteiger partial charge in [-0.2, -0.15) is 0 Å². The van der Waals surface area contributed by atoms with Crippen molar-refractivity contribution in [3.8, 4) is 22.9 Å². The van der Waals surface area contributed by atoms with E-state index in [1.165, 1.54) is 12.8 Å². The molecule has 0 unspecified atom stereocenters. The molecule has 0 spiro atoms. The van der Waals surface area contributed by atoms with Crippen molar-refractivity contribution in [2.45, 2.75) is 46.1 Å². The highest BCUT2D eigenvalue weighted by molar-refractivity contribution is 6.09. The number of methoxy groups -OCH3 is 2. The summed E-state index contributed by atoms with van der Waals surface area (Å²) in [5, 5.41) is 0. The summed E-state index contributed by atoms with van der Waals surface area (Å²) in [6, 6.07) is 9.49. The number of rotatable bonds is 11. The second-order valence-corrected chi connectivity index (χ2v) is 8.59. The maximum atomic E-state index is 13.1. The van der Waals surface area contributed by atoms with Crippen LogP contribution in [0.4, 0.5) is 11.5 Å². The SMILES string of the molecule is CCCCCN(CCC)c1ccc(N2Cc3nc(-c4cnc(OC)c(OC)c4)ccc3C2=O)cn1. The van der Waals surface area contributed by atoms with Gasteiger partial charge in [-0.3, -0.25) is 9.78 Å². The molecule has 0 saturated heterocycles. The highest BCUT2D eigenvalue weighted by Crippen LogP contribution is 2.32. The number of pyridine rings is 3. The van der Waals surface area contributed by atoms with E-state index < -0.39 is 0 Å². The van der Waals surface area contributed by atoms with Gasteiger partial charge >= 0.3 is 0 Å². The Morgan fingerprint density at radius 3 is 2.51 bits per heavy atom. The lowest BCUT2D eigenvalue weighted by Gasteiger charge is -2.24. The van der Waals surface area contributed by atoms with E-state index in [9.17, 15) is 4.79 Å². The Morgan fingerprint density at radius 2 is 1.83 bits per heavy atom. The molecule has 8 nitrogen and oxygen atoms in total. The minimum Gasteiger partial charge on any atom is -0.491 e. The van der Waals surface area contributed by atoms with E-state index in [1.54, 1.807) is 31.5 Å². The topological polar surface area (TPSA) is 80.7 Å². The minimum atomic E-state index is -0.0626. The van der Waals surface area contributed by atoms with Gasteiger partial charge in [-0.1, -0.05) is 26.7 Å². The number of amides is 1. The number of carbonyl (C=O) groups excluding carboxylic acids is 1. The normalized spacial score (nSPS) is 12.6. The smallest absolute Gasteiger partial charge is 0.260 e. The molecular weight excluding hydrogens is 442 g/mol. The Labute approximate surface area is 206 Å². The van der Waals surface area contributed by atoms with Gasteiger partial charge in [0.05, 0.1) is 49.6 Å². The van der Waals surface area contributed by atoms with Crippen LogP contribution in [0.5, 0.6) is 11.6 Å². The zero-order chi connectivity index (χ0) is 24.8. The number of ether oxygens (including phenoxy) is 2. The van der Waals surface area contributed by atoms with E-state index in [4.69, 9.17) is 19.4 Å². The number of aromatic nitrogens is 3. The number of carbonyl (C=O) groups is 1. The average Bonchev–Trinajstić information content (AvgIpc) is 3.23. The molecule has 0 aliphatic carbocycles. The second kappa shape index (κ2) is 11.2. The van der Waals surface area contributed by atoms with Crippen molar-refractivity contribution in [3.05, 3.63) is 54.0 Å². The van der Waals surface area contributed by atoms with Crippen LogP contribution in [0, 0.1) is 0 Å². The van der Waals surface area contributed by atoms with Crippen molar-refractivity contribution in [2.75, 3.05) is 37.1 Å². The van der Waals surface area contributed by atoms with Gasteiger partial charge in [0.25, 0.3) is 11.8 Å². The van der Waals surface area contributed by atoms with Crippen LogP contribution in [0.15, 0.2) is 42.7 Å². The standard InChI is InChI=1S/C27H33N5O3/c1-5-7-8-14-31(13-6-2)25-12-9-20(17-28-25)32-18-23-21(27(32)33)10-11-22(30-23)19-15-24(34-3)26(35-4)29-16-19/h9-12,15-17H,5-8,13-14,18H2,1-4H3. The van der Waals surface area contributed by atoms with E-state index in [2.05, 4.69) is 23.7 Å². The summed E-state index contributed by atoms with van der Waals surface area (Å²) in [4.78, 5) is 30.9. The van der Waals surface area contributed by atoms with Crippen molar-refractivity contribution in [1.29, 1.82) is 0 Å². The summed E-state index contributed by atoms with van der Waals surface area (Å²) in [5.41, 5.74) is 3.64. The van der Waals surface area contributed by atoms with Crippen LogP contribution < -0.4 is 19.3 Å². The average molecular weight is 476 g/mol. The lowest BCUT2D eigenvalue weighted by atomic mass is 10.1. The molecule has 4 heterocycles. The summed E-state index contributed by atoms with van der Waals surface area (Å²) in [6.07, 6.45) is 8.12. The molecule has 0 saturated carbocycles. The number of anilines is 2. The van der Waals surface area contributed by atoms with Gasteiger partial charge in [-0.25, -0.2) is 9.97 Å². The number of hydrogen-bond donors (Lipinski definition) is 0. The van der Waals surface area contributed by atoms with Crippen molar-refractivity contribution in [2.24, 2.45) is 0 Å². The van der Waals surface area contributed by atoms with Gasteiger partial charge in [-0.05, 0) is 43.2 Å². The summed E-state index contributed by atoms with van der Waals surface area (Å²) >= 11 is 0. The molecule has 1 aliphatic rings. The first-order valence-electron chi connectivity index (χ1n) is 12.2. The Kier molecular flexibility index (Phi) is 7.80. The Hall–Kier alpha value is -3.68. The predicted molar refractivity (Wildman–Crippen MR) is 137 cm³/mol. The Balaban J connectivity index is 1.52. The van der Waals surface area contributed by atoms with Crippen molar-refractivity contribution < 1.29 is 14.3 Å². The van der Waals surface area contributed by atoms with E-state index in [1.807, 2.05) is 30.3 Å². The number of fused-ring (bicyclic) bond motifs is 1. The zero-order valence-corrected chi connectivity index (χ0v) is 21.0. The van der Waals surface area contributed by atoms with Crippen LogP contribution in [-0.2, 0) is 6.54 Å². The zero-order valence-electron chi connectivity index (χ0n) is 21.0. The van der Waals surface area contributed by atoms with E-state index in [-0.39, 0.29) is 5.91 Å². The lowest BCUT2D eigenvalue weighted by Crippen LogP contribution is -2.27. The predicted octanol–water partition coefficient (Wildman–Crippen LogP) is 5.12. The molecule has 0 aromatic carbocycles. The van der Waals surface area contributed by atoms with Crippen LogP contribution in [0.3, 0.4) is 0 Å². The van der Waals surface area contributed by atoms with Crippen LogP contribution in [0.1, 0.15) is 55.6 Å². The quantitative estimate of drug-likeness (QED) is 0.356. The highest BCUT2D eigenvalue weighted by Gasteiger charge is 2.30. The van der Waals surface area contributed by atoms with Gasteiger partial charge < -0.3 is 19.3 Å². The molecule has 4 rings (SSSR count). The van der Waals surface area contributed by atoms with Gasteiger partial charge in [0.2, 0.25) is 0 Å². The number of hydrogen-bond acceptors (Lipinski definition) is 7. The third-order valence-corrected chi connectivity index (χ3v) is 6.18. The molecule has 0 fully saturated rings. The molecule has 3 aromatic rings. The summed E-state index contributed by atoms with van der Waals surface area (Å²) in [7, 11) is 3.12. The summed E-state index contributed by atoms with van der Waals surface area (Å²) < 4.78 is 10.6. The highest BCUT2D eigenvalue weighted by atomic mass is 16.5. The van der Waals surface area contributed by atoms with E-state index >= 15 is 0 Å². The largest absolute Gasteiger partial charge is 0.491 e. The third-order valence-electron chi connectivity index (χ3n) is 6.18. The molecule has 0 bridgehead atoms. The summed E-state index contributed by atoms with van der Waals surface area (Å²) in [5.74, 6) is 1.84. The molecule has 8 heteroatoms. The fourth-order valence-corrected chi connectivity index (χ4v) is 4.31. The Morgan fingerprint density at radius 1 is 0.971 bits per heavy atom. The molecule has 1 amide bonds. The first-order chi connectivity index (χ1) is 17.1. The van der Waals surface area contributed by atoms with Crippen molar-refractivity contribution >= 4 is 17.4 Å². The molecule has 0 atom stereocenters. The lowest BCUT2D eigenvalue weighted by molar-refractivity contribution is 0.0996. The third kappa shape index (κ3) is 5.21. The van der Waals surface area contributed by atoms with Gasteiger partial charge in [0.15, 0.2) is 5.75 Å². The number of nitrogens with zero attached hydrogens (tertiary/aromatic N) is 5. The van der Waals surface area contributed by atoms with Crippen molar-refractivity contribution in [3.63, 3.8) is 0 Å². The molecular formula is C27H33N5O3. The fraction of sp³-hybridized carbons (Fsp3) is 0.407. The van der Waals surface area contributed by atoms with Gasteiger partial charge in [0, 0.05) is 24.8 Å². The molecule has 35 heavy (non-hydrogen) atoms. The first-order valence-corrected chi connectivity index (χ1v) is 12.2. The van der Waals surface area contributed by atoms with E-state index in [0.29, 0.717) is 23.7 Å². The Bertz CT molecular complexity index is 1170. The molecule has 1 aliphatic heterocycles. The minimum absolute atomic E-state index is 0.0626. The van der Waals surface area contributed by atoms with Crippen LogP contribution in [0.25, 0.3) is 11.3 Å². The summed E-state index contributed by atoms with van der Waals surface area (Å²) in [6.45, 7) is 6.77. The maximum Gasteiger partial charge on any atom is 0.260 e. The molecule has 3 aromatic heterocycles. The van der Waals surface area contributed by atoms with Gasteiger partial charge in [-0.15, -0.1) is 0 Å². The molecule has 184 valence electrons.